The number of rotatable bonds is 5. The number of ether oxygens (including phenoxy) is 2. The Morgan fingerprint density at radius 1 is 1.05 bits per heavy atom. The van der Waals surface area contributed by atoms with E-state index >= 15 is 0 Å². The van der Waals surface area contributed by atoms with Crippen molar-refractivity contribution in [1.29, 1.82) is 0 Å². The largest absolute Gasteiger partial charge is 0.497 e. The van der Waals surface area contributed by atoms with Crippen molar-refractivity contribution in [2.24, 2.45) is 5.16 Å². The van der Waals surface area contributed by atoms with Crippen LogP contribution in [-0.4, -0.2) is 26.0 Å². The van der Waals surface area contributed by atoms with E-state index in [1.165, 1.54) is 5.56 Å². The topological polar surface area (TPSA) is 40.0 Å². The van der Waals surface area contributed by atoms with E-state index in [1.807, 2.05) is 42.5 Å². The lowest BCUT2D eigenvalue weighted by Crippen LogP contribution is -2.12. The lowest BCUT2D eigenvalue weighted by Gasteiger charge is -2.09. The van der Waals surface area contributed by atoms with Crippen LogP contribution in [0, 0.1) is 0 Å². The third-order valence-electron chi connectivity index (χ3n) is 3.75. The van der Waals surface area contributed by atoms with Crippen molar-refractivity contribution in [1.82, 2.24) is 0 Å². The van der Waals surface area contributed by atoms with Crippen LogP contribution >= 0.6 is 0 Å². The fraction of sp³-hybridized carbons (Fsp3) is 0.278. The van der Waals surface area contributed by atoms with Gasteiger partial charge in [0.2, 0.25) is 0 Å². The highest BCUT2D eigenvalue weighted by atomic mass is 16.6. The smallest absolute Gasteiger partial charge is 0.137 e. The monoisotopic (exact) mass is 297 g/mol. The number of nitrogens with zero attached hydrogens (tertiary/aromatic N) is 1. The normalized spacial score (nSPS) is 16.8. The zero-order valence-electron chi connectivity index (χ0n) is 12.8. The summed E-state index contributed by atoms with van der Waals surface area (Å²) in [4.78, 5) is 5.57. The molecule has 0 radical (unpaired) electrons. The predicted octanol–water partition coefficient (Wildman–Crippen LogP) is 3.44. The highest BCUT2D eigenvalue weighted by Crippen LogP contribution is 2.23. The maximum Gasteiger partial charge on any atom is 0.137 e. The molecule has 0 aliphatic carbocycles. The second kappa shape index (κ2) is 6.52. The Labute approximate surface area is 130 Å². The Kier molecular flexibility index (Phi) is 4.28. The number of benzene rings is 2. The van der Waals surface area contributed by atoms with Crippen LogP contribution in [0.25, 0.3) is 0 Å². The number of oxime groups is 1. The lowest BCUT2D eigenvalue weighted by atomic mass is 10.0. The maximum atomic E-state index is 5.57. The number of methoxy groups -OCH3 is 2. The highest BCUT2D eigenvalue weighted by Gasteiger charge is 2.22. The van der Waals surface area contributed by atoms with Crippen LogP contribution in [0.4, 0.5) is 0 Å². The van der Waals surface area contributed by atoms with Gasteiger partial charge >= 0.3 is 0 Å². The molecule has 22 heavy (non-hydrogen) atoms. The van der Waals surface area contributed by atoms with Gasteiger partial charge in [0.25, 0.3) is 0 Å². The fourth-order valence-corrected chi connectivity index (χ4v) is 2.55. The number of hydrogen-bond acceptors (Lipinski definition) is 4. The zero-order valence-corrected chi connectivity index (χ0v) is 12.8. The van der Waals surface area contributed by atoms with Crippen LogP contribution in [0.3, 0.4) is 0 Å². The summed E-state index contributed by atoms with van der Waals surface area (Å²) >= 11 is 0. The summed E-state index contributed by atoms with van der Waals surface area (Å²) in [5.41, 5.74) is 3.25. The average Bonchev–Trinajstić information content (AvgIpc) is 3.03. The molecule has 0 aromatic heterocycles. The van der Waals surface area contributed by atoms with Gasteiger partial charge in [-0.3, -0.25) is 0 Å². The van der Waals surface area contributed by atoms with Gasteiger partial charge < -0.3 is 14.3 Å². The van der Waals surface area contributed by atoms with Gasteiger partial charge in [-0.1, -0.05) is 17.3 Å². The van der Waals surface area contributed by atoms with Gasteiger partial charge in [0.15, 0.2) is 0 Å². The molecule has 0 saturated heterocycles. The molecular weight excluding hydrogens is 278 g/mol. The second-order valence-electron chi connectivity index (χ2n) is 5.25. The predicted molar refractivity (Wildman–Crippen MR) is 85.7 cm³/mol. The lowest BCUT2D eigenvalue weighted by molar-refractivity contribution is 0.0859. The van der Waals surface area contributed by atoms with Crippen LogP contribution in [0.2, 0.25) is 0 Å². The minimum Gasteiger partial charge on any atom is -0.497 e. The van der Waals surface area contributed by atoms with Gasteiger partial charge in [0.1, 0.15) is 17.6 Å². The standard InChI is InChI=1S/C18H19NO3/c1-20-15-8-6-14(7-9-15)18-12-17(22-19-18)11-13-4-3-5-16(10-13)21-2/h3-10,17H,11-12H2,1-2H3. The van der Waals surface area contributed by atoms with Gasteiger partial charge in [-0.15, -0.1) is 0 Å². The molecular formula is C18H19NO3. The quantitative estimate of drug-likeness (QED) is 0.848. The van der Waals surface area contributed by atoms with E-state index in [9.17, 15) is 0 Å². The molecule has 0 bridgehead atoms. The molecule has 0 saturated carbocycles. The summed E-state index contributed by atoms with van der Waals surface area (Å²) < 4.78 is 10.4. The summed E-state index contributed by atoms with van der Waals surface area (Å²) in [6, 6.07) is 15.9. The molecule has 1 atom stereocenters. The van der Waals surface area contributed by atoms with E-state index in [0.717, 1.165) is 35.6 Å². The Hall–Kier alpha value is -2.49. The fourth-order valence-electron chi connectivity index (χ4n) is 2.55. The van der Waals surface area contributed by atoms with Crippen LogP contribution in [0.5, 0.6) is 11.5 Å². The average molecular weight is 297 g/mol. The number of hydrogen-bond donors (Lipinski definition) is 0. The first-order valence-electron chi connectivity index (χ1n) is 7.28. The van der Waals surface area contributed by atoms with Crippen molar-refractivity contribution < 1.29 is 14.3 Å². The first-order chi connectivity index (χ1) is 10.8. The van der Waals surface area contributed by atoms with E-state index < -0.39 is 0 Å². The summed E-state index contributed by atoms with van der Waals surface area (Å²) in [5.74, 6) is 1.71. The molecule has 1 aliphatic heterocycles. The van der Waals surface area contributed by atoms with Crippen molar-refractivity contribution in [2.75, 3.05) is 14.2 Å². The molecule has 4 heteroatoms. The third kappa shape index (κ3) is 3.22. The summed E-state index contributed by atoms with van der Waals surface area (Å²) in [6.07, 6.45) is 1.70. The molecule has 2 aromatic rings. The molecule has 0 amide bonds. The first-order valence-corrected chi connectivity index (χ1v) is 7.28. The van der Waals surface area contributed by atoms with Crippen molar-refractivity contribution in [2.45, 2.75) is 18.9 Å². The summed E-state index contributed by atoms with van der Waals surface area (Å²) in [7, 11) is 3.34. The molecule has 0 fully saturated rings. The minimum atomic E-state index is 0.0733. The highest BCUT2D eigenvalue weighted by molar-refractivity contribution is 6.01. The second-order valence-corrected chi connectivity index (χ2v) is 5.25. The van der Waals surface area contributed by atoms with Crippen LogP contribution in [0.1, 0.15) is 17.5 Å². The van der Waals surface area contributed by atoms with Gasteiger partial charge in [-0.25, -0.2) is 0 Å². The van der Waals surface area contributed by atoms with Crippen LogP contribution in [-0.2, 0) is 11.3 Å². The van der Waals surface area contributed by atoms with Crippen LogP contribution in [0.15, 0.2) is 53.7 Å². The van der Waals surface area contributed by atoms with Gasteiger partial charge in [-0.2, -0.15) is 0 Å². The van der Waals surface area contributed by atoms with Gasteiger partial charge in [0, 0.05) is 12.8 Å². The van der Waals surface area contributed by atoms with Gasteiger partial charge in [0.05, 0.1) is 19.9 Å². The third-order valence-corrected chi connectivity index (χ3v) is 3.75. The maximum absolute atomic E-state index is 5.57. The molecule has 114 valence electrons. The Morgan fingerprint density at radius 2 is 1.82 bits per heavy atom. The Bertz CT molecular complexity index is 664. The molecule has 3 rings (SSSR count). The van der Waals surface area contributed by atoms with Gasteiger partial charge in [-0.05, 0) is 47.5 Å². The minimum absolute atomic E-state index is 0.0733. The SMILES string of the molecule is COc1ccc(C2=NOC(Cc3cccc(OC)c3)C2)cc1. The van der Waals surface area contributed by atoms with E-state index in [2.05, 4.69) is 11.2 Å². The Morgan fingerprint density at radius 3 is 2.55 bits per heavy atom. The van der Waals surface area contributed by atoms with Crippen molar-refractivity contribution >= 4 is 5.71 Å². The molecule has 4 nitrogen and oxygen atoms in total. The molecule has 2 aromatic carbocycles. The van der Waals surface area contributed by atoms with Crippen molar-refractivity contribution in [3.05, 3.63) is 59.7 Å². The molecule has 0 spiro atoms. The van der Waals surface area contributed by atoms with E-state index in [0.29, 0.717) is 0 Å². The first kappa shape index (κ1) is 14.4. The molecule has 0 N–H and O–H groups in total. The Balaban J connectivity index is 1.63. The summed E-state index contributed by atoms with van der Waals surface area (Å²) in [5, 5.41) is 4.23. The zero-order chi connectivity index (χ0) is 15.4. The van der Waals surface area contributed by atoms with Crippen molar-refractivity contribution in [3.8, 4) is 11.5 Å². The molecule has 1 unspecified atom stereocenters. The summed E-state index contributed by atoms with van der Waals surface area (Å²) in [6.45, 7) is 0. The van der Waals surface area contributed by atoms with Crippen molar-refractivity contribution in [3.63, 3.8) is 0 Å². The van der Waals surface area contributed by atoms with E-state index in [-0.39, 0.29) is 6.10 Å². The van der Waals surface area contributed by atoms with Crippen LogP contribution < -0.4 is 9.47 Å². The van der Waals surface area contributed by atoms with E-state index in [1.54, 1.807) is 14.2 Å². The molecule has 1 aliphatic rings. The van der Waals surface area contributed by atoms with E-state index in [4.69, 9.17) is 14.3 Å². The molecule has 1 heterocycles.